The van der Waals surface area contributed by atoms with Gasteiger partial charge in [-0.2, -0.15) is 5.26 Å². The largest absolute Gasteiger partial charge is 0.347 e. The Morgan fingerprint density at radius 1 is 1.20 bits per heavy atom. The summed E-state index contributed by atoms with van der Waals surface area (Å²) in [5.41, 5.74) is 2.06. The number of benzene rings is 2. The Labute approximate surface area is 150 Å². The van der Waals surface area contributed by atoms with E-state index < -0.39 is 5.91 Å². The van der Waals surface area contributed by atoms with Crippen LogP contribution in [0, 0.1) is 11.3 Å². The normalized spacial score (nSPS) is 14.8. The van der Waals surface area contributed by atoms with Crippen LogP contribution in [0.15, 0.2) is 54.1 Å². The summed E-state index contributed by atoms with van der Waals surface area (Å²) < 4.78 is 0. The van der Waals surface area contributed by atoms with E-state index in [2.05, 4.69) is 5.32 Å². The predicted molar refractivity (Wildman–Crippen MR) is 95.7 cm³/mol. The number of hydrogen-bond acceptors (Lipinski definition) is 3. The Morgan fingerprint density at radius 2 is 1.88 bits per heavy atom. The first-order chi connectivity index (χ1) is 12.0. The number of anilines is 1. The summed E-state index contributed by atoms with van der Waals surface area (Å²) in [4.78, 5) is 26.4. The van der Waals surface area contributed by atoms with Gasteiger partial charge in [0.1, 0.15) is 11.6 Å². The predicted octanol–water partition coefficient (Wildman–Crippen LogP) is 2.91. The van der Waals surface area contributed by atoms with Crippen molar-refractivity contribution in [1.29, 1.82) is 5.26 Å². The lowest BCUT2D eigenvalue weighted by Gasteiger charge is -2.08. The zero-order chi connectivity index (χ0) is 18.0. The molecule has 0 atom stereocenters. The Bertz CT molecular complexity index is 926. The lowest BCUT2D eigenvalue weighted by Crippen LogP contribution is -2.27. The third kappa shape index (κ3) is 3.12. The van der Waals surface area contributed by atoms with Crippen LogP contribution in [0.1, 0.15) is 11.1 Å². The number of carbonyl (C=O) groups excluding carboxylic acids is 2. The third-order valence-corrected chi connectivity index (χ3v) is 4.26. The zero-order valence-corrected chi connectivity index (χ0v) is 14.2. The van der Waals surface area contributed by atoms with Gasteiger partial charge in [-0.05, 0) is 23.8 Å². The fourth-order valence-corrected chi connectivity index (χ4v) is 2.83. The first-order valence-corrected chi connectivity index (χ1v) is 7.95. The smallest absolute Gasteiger partial charge is 0.263 e. The minimum absolute atomic E-state index is 0.134. The van der Waals surface area contributed by atoms with E-state index in [4.69, 9.17) is 11.6 Å². The number of halogens is 1. The molecule has 6 heteroatoms. The van der Waals surface area contributed by atoms with E-state index in [0.717, 1.165) is 5.56 Å². The highest BCUT2D eigenvalue weighted by molar-refractivity contribution is 6.36. The molecule has 0 unspecified atom stereocenters. The fourth-order valence-electron chi connectivity index (χ4n) is 2.70. The minimum Gasteiger partial charge on any atom is -0.347 e. The van der Waals surface area contributed by atoms with Crippen molar-refractivity contribution in [3.05, 3.63) is 70.3 Å². The quantitative estimate of drug-likeness (QED) is 0.682. The molecule has 0 saturated carbocycles. The molecule has 0 fully saturated rings. The SMILES string of the molecule is CN1C(=O)/C(=C(/C#N)C(=O)NCc2ccc(Cl)cc2)c2ccccc21. The van der Waals surface area contributed by atoms with Crippen molar-refractivity contribution in [3.63, 3.8) is 0 Å². The molecule has 0 spiro atoms. The van der Waals surface area contributed by atoms with Crippen LogP contribution >= 0.6 is 11.6 Å². The van der Waals surface area contributed by atoms with Crippen molar-refractivity contribution in [2.24, 2.45) is 0 Å². The topological polar surface area (TPSA) is 73.2 Å². The number of hydrogen-bond donors (Lipinski definition) is 1. The Hall–Kier alpha value is -3.10. The number of fused-ring (bicyclic) bond motifs is 1. The van der Waals surface area contributed by atoms with Crippen LogP contribution in [0.5, 0.6) is 0 Å². The molecule has 1 aliphatic heterocycles. The summed E-state index contributed by atoms with van der Waals surface area (Å²) in [6.07, 6.45) is 0. The highest BCUT2D eigenvalue weighted by atomic mass is 35.5. The van der Waals surface area contributed by atoms with E-state index in [1.807, 2.05) is 6.07 Å². The second-order valence-electron chi connectivity index (χ2n) is 5.55. The molecular weight excluding hydrogens is 338 g/mol. The number of para-hydroxylation sites is 1. The summed E-state index contributed by atoms with van der Waals surface area (Å²) in [6.45, 7) is 0.236. The molecule has 0 aliphatic carbocycles. The van der Waals surface area contributed by atoms with Crippen LogP contribution in [0.4, 0.5) is 5.69 Å². The van der Waals surface area contributed by atoms with Crippen LogP contribution in [-0.2, 0) is 16.1 Å². The van der Waals surface area contributed by atoms with Crippen molar-refractivity contribution in [2.75, 3.05) is 11.9 Å². The highest BCUT2D eigenvalue weighted by Gasteiger charge is 2.34. The molecule has 2 aromatic carbocycles. The summed E-state index contributed by atoms with van der Waals surface area (Å²) >= 11 is 5.83. The molecule has 1 aliphatic rings. The van der Waals surface area contributed by atoms with E-state index in [1.54, 1.807) is 55.6 Å². The average Bonchev–Trinajstić information content (AvgIpc) is 2.87. The molecule has 2 aromatic rings. The van der Waals surface area contributed by atoms with Gasteiger partial charge in [0, 0.05) is 24.2 Å². The summed E-state index contributed by atoms with van der Waals surface area (Å²) in [7, 11) is 1.62. The van der Waals surface area contributed by atoms with E-state index in [0.29, 0.717) is 16.3 Å². The van der Waals surface area contributed by atoms with Crippen LogP contribution in [-0.4, -0.2) is 18.9 Å². The van der Waals surface area contributed by atoms with Gasteiger partial charge in [0.05, 0.1) is 11.3 Å². The number of nitriles is 1. The van der Waals surface area contributed by atoms with E-state index in [1.165, 1.54) is 4.90 Å². The number of nitrogens with zero attached hydrogens (tertiary/aromatic N) is 2. The van der Waals surface area contributed by atoms with Crippen LogP contribution in [0.3, 0.4) is 0 Å². The zero-order valence-electron chi connectivity index (χ0n) is 13.4. The lowest BCUT2D eigenvalue weighted by molar-refractivity contribution is -0.118. The monoisotopic (exact) mass is 351 g/mol. The van der Waals surface area contributed by atoms with Gasteiger partial charge in [-0.25, -0.2) is 0 Å². The fraction of sp³-hybridized carbons (Fsp3) is 0.105. The van der Waals surface area contributed by atoms with Crippen LogP contribution < -0.4 is 10.2 Å². The van der Waals surface area contributed by atoms with Crippen LogP contribution in [0.25, 0.3) is 5.57 Å². The maximum atomic E-state index is 12.5. The Kier molecular flexibility index (Phi) is 4.55. The Balaban J connectivity index is 1.90. The maximum Gasteiger partial charge on any atom is 0.263 e. The standard InChI is InChI=1S/C19H14ClN3O2/c1-23-16-5-3-2-4-14(16)17(19(23)25)15(10-21)18(24)22-11-12-6-8-13(20)9-7-12/h2-9H,11H2,1H3,(H,22,24)/b17-15-. The van der Waals surface area contributed by atoms with Gasteiger partial charge in [-0.3, -0.25) is 9.59 Å². The van der Waals surface area contributed by atoms with Gasteiger partial charge in [-0.15, -0.1) is 0 Å². The molecule has 2 amide bonds. The third-order valence-electron chi connectivity index (χ3n) is 4.01. The van der Waals surface area contributed by atoms with Gasteiger partial charge in [0.25, 0.3) is 11.8 Å². The number of rotatable bonds is 3. The van der Waals surface area contributed by atoms with Crippen LogP contribution in [0.2, 0.25) is 5.02 Å². The molecule has 25 heavy (non-hydrogen) atoms. The molecule has 1 heterocycles. The molecule has 0 bridgehead atoms. The Morgan fingerprint density at radius 3 is 2.56 bits per heavy atom. The van der Waals surface area contributed by atoms with Crippen molar-refractivity contribution in [2.45, 2.75) is 6.54 Å². The lowest BCUT2D eigenvalue weighted by atomic mass is 10.0. The van der Waals surface area contributed by atoms with Gasteiger partial charge in [-0.1, -0.05) is 41.9 Å². The summed E-state index contributed by atoms with van der Waals surface area (Å²) in [5, 5.41) is 12.7. The molecule has 5 nitrogen and oxygen atoms in total. The number of likely N-dealkylation sites (N-methyl/N-ethyl adjacent to an activating group) is 1. The van der Waals surface area contributed by atoms with E-state index in [-0.39, 0.29) is 23.6 Å². The molecule has 0 aromatic heterocycles. The van der Waals surface area contributed by atoms with Crippen molar-refractivity contribution in [3.8, 4) is 6.07 Å². The number of carbonyl (C=O) groups is 2. The van der Waals surface area contributed by atoms with Crippen molar-refractivity contribution < 1.29 is 9.59 Å². The summed E-state index contributed by atoms with van der Waals surface area (Å²) in [6, 6.07) is 16.0. The second kappa shape index (κ2) is 6.80. The molecule has 0 saturated heterocycles. The van der Waals surface area contributed by atoms with Crippen molar-refractivity contribution in [1.82, 2.24) is 5.32 Å². The average molecular weight is 352 g/mol. The van der Waals surface area contributed by atoms with E-state index in [9.17, 15) is 14.9 Å². The first-order valence-electron chi connectivity index (χ1n) is 7.57. The van der Waals surface area contributed by atoms with Crippen molar-refractivity contribution >= 4 is 34.7 Å². The molecule has 3 rings (SSSR count). The second-order valence-corrected chi connectivity index (χ2v) is 5.99. The molecule has 124 valence electrons. The molecular formula is C19H14ClN3O2. The van der Waals surface area contributed by atoms with Gasteiger partial charge >= 0.3 is 0 Å². The highest BCUT2D eigenvalue weighted by Crippen LogP contribution is 2.37. The molecule has 1 N–H and O–H groups in total. The minimum atomic E-state index is -0.578. The maximum absolute atomic E-state index is 12.5. The van der Waals surface area contributed by atoms with Gasteiger partial charge in [0.2, 0.25) is 0 Å². The van der Waals surface area contributed by atoms with Gasteiger partial charge < -0.3 is 10.2 Å². The first kappa shape index (κ1) is 16.7. The number of amides is 2. The molecule has 0 radical (unpaired) electrons. The summed E-state index contributed by atoms with van der Waals surface area (Å²) in [5.74, 6) is -0.940. The van der Waals surface area contributed by atoms with E-state index >= 15 is 0 Å². The number of nitrogens with one attached hydrogen (secondary N) is 1. The van der Waals surface area contributed by atoms with Gasteiger partial charge in [0.15, 0.2) is 0 Å².